The molecule has 0 spiro atoms. The van der Waals surface area contributed by atoms with Gasteiger partial charge < -0.3 is 5.11 Å². The van der Waals surface area contributed by atoms with Crippen molar-refractivity contribution < 1.29 is 9.90 Å². The van der Waals surface area contributed by atoms with Crippen LogP contribution >= 0.6 is 0 Å². The summed E-state index contributed by atoms with van der Waals surface area (Å²) in [5, 5.41) is 8.78. The fourth-order valence-electron chi connectivity index (χ4n) is 0.792. The molecule has 1 amide bonds. The van der Waals surface area contributed by atoms with Gasteiger partial charge >= 0.3 is 0 Å². The van der Waals surface area contributed by atoms with Gasteiger partial charge in [0.2, 0.25) is 6.41 Å². The van der Waals surface area contributed by atoms with E-state index in [2.05, 4.69) is 0 Å². The molecular formula is C8H9NO2. The first kappa shape index (κ1) is 7.75. The lowest BCUT2D eigenvalue weighted by Gasteiger charge is -2.12. The van der Waals surface area contributed by atoms with E-state index in [4.69, 9.17) is 5.11 Å². The van der Waals surface area contributed by atoms with Gasteiger partial charge in [-0.25, -0.2) is 0 Å². The van der Waals surface area contributed by atoms with E-state index in [1.807, 2.05) is 0 Å². The van der Waals surface area contributed by atoms with Crippen molar-refractivity contribution in [3.63, 3.8) is 0 Å². The normalized spacial score (nSPS) is 16.1. The summed E-state index contributed by atoms with van der Waals surface area (Å²) in [6.07, 6.45) is 9.23. The van der Waals surface area contributed by atoms with Gasteiger partial charge in [-0.2, -0.15) is 0 Å². The lowest BCUT2D eigenvalue weighted by molar-refractivity contribution is -0.114. The van der Waals surface area contributed by atoms with Crippen molar-refractivity contribution >= 4 is 6.41 Å². The molecule has 1 rings (SSSR count). The van der Waals surface area contributed by atoms with Crippen LogP contribution in [0.3, 0.4) is 0 Å². The number of carbonyl (C=O) groups is 1. The minimum atomic E-state index is -0.132. The van der Waals surface area contributed by atoms with Crippen LogP contribution in [0.15, 0.2) is 36.2 Å². The molecule has 0 bridgehead atoms. The number of carbonyl (C=O) groups excluding carboxylic acids is 1. The molecule has 58 valence electrons. The first-order valence-corrected chi connectivity index (χ1v) is 3.27. The van der Waals surface area contributed by atoms with Crippen molar-refractivity contribution in [2.75, 3.05) is 6.61 Å². The van der Waals surface area contributed by atoms with Crippen LogP contribution in [-0.4, -0.2) is 23.0 Å². The van der Waals surface area contributed by atoms with Gasteiger partial charge in [-0.15, -0.1) is 0 Å². The Bertz CT molecular complexity index is 228. The molecular weight excluding hydrogens is 142 g/mol. The molecule has 1 heterocycles. The van der Waals surface area contributed by atoms with Crippen molar-refractivity contribution in [3.05, 3.63) is 36.2 Å². The number of aliphatic hydroxyl groups excluding tert-OH is 1. The number of allylic oxidation sites excluding steroid dienone is 4. The van der Waals surface area contributed by atoms with Gasteiger partial charge in [-0.3, -0.25) is 9.69 Å². The molecule has 1 aliphatic rings. The summed E-state index contributed by atoms with van der Waals surface area (Å²) in [7, 11) is 0. The number of hydrogen-bond acceptors (Lipinski definition) is 2. The van der Waals surface area contributed by atoms with Crippen LogP contribution in [0.5, 0.6) is 0 Å². The Labute approximate surface area is 64.9 Å². The second kappa shape index (κ2) is 3.73. The average Bonchev–Trinajstić information content (AvgIpc) is 2.27. The van der Waals surface area contributed by atoms with Crippen LogP contribution in [0.25, 0.3) is 0 Å². The van der Waals surface area contributed by atoms with Gasteiger partial charge in [-0.1, -0.05) is 12.2 Å². The maximum absolute atomic E-state index is 10.4. The third-order valence-electron chi connectivity index (χ3n) is 1.36. The number of nitrogens with zero attached hydrogens (tertiary/aromatic N) is 1. The number of aliphatic hydroxyl groups is 1. The molecule has 0 unspecified atom stereocenters. The van der Waals surface area contributed by atoms with Crippen LogP contribution in [0.2, 0.25) is 0 Å². The fraction of sp³-hybridized carbons (Fsp3) is 0.125. The molecule has 0 aromatic heterocycles. The highest BCUT2D eigenvalue weighted by Gasteiger charge is 2.02. The molecule has 1 N–H and O–H groups in total. The SMILES string of the molecule is O=CN1C=CC=CC=C1CO. The lowest BCUT2D eigenvalue weighted by Crippen LogP contribution is -2.16. The third kappa shape index (κ3) is 1.78. The zero-order valence-corrected chi connectivity index (χ0v) is 5.97. The maximum Gasteiger partial charge on any atom is 0.218 e. The van der Waals surface area contributed by atoms with Crippen LogP contribution < -0.4 is 0 Å². The zero-order valence-electron chi connectivity index (χ0n) is 5.97. The van der Waals surface area contributed by atoms with E-state index in [1.165, 1.54) is 4.90 Å². The Morgan fingerprint density at radius 2 is 2.27 bits per heavy atom. The van der Waals surface area contributed by atoms with Crippen molar-refractivity contribution in [2.45, 2.75) is 0 Å². The third-order valence-corrected chi connectivity index (χ3v) is 1.36. The second-order valence-electron chi connectivity index (χ2n) is 2.06. The molecule has 0 aromatic rings. The predicted octanol–water partition coefficient (Wildman–Crippen LogP) is 0.404. The quantitative estimate of drug-likeness (QED) is 0.580. The summed E-state index contributed by atoms with van der Waals surface area (Å²) in [4.78, 5) is 11.7. The zero-order chi connectivity index (χ0) is 8.10. The minimum absolute atomic E-state index is 0.132. The second-order valence-corrected chi connectivity index (χ2v) is 2.06. The van der Waals surface area contributed by atoms with Crippen LogP contribution in [0.4, 0.5) is 0 Å². The number of amides is 1. The topological polar surface area (TPSA) is 40.5 Å². The number of rotatable bonds is 2. The molecule has 0 atom stereocenters. The molecule has 1 aliphatic heterocycles. The Morgan fingerprint density at radius 3 is 2.91 bits per heavy atom. The van der Waals surface area contributed by atoms with E-state index in [-0.39, 0.29) is 6.61 Å². The van der Waals surface area contributed by atoms with Gasteiger partial charge in [0.15, 0.2) is 0 Å². The largest absolute Gasteiger partial charge is 0.390 e. The number of hydrogen-bond donors (Lipinski definition) is 1. The van der Waals surface area contributed by atoms with E-state index < -0.39 is 0 Å². The predicted molar refractivity (Wildman–Crippen MR) is 41.4 cm³/mol. The standard InChI is InChI=1S/C8H9NO2/c10-6-8-4-2-1-3-5-9(8)7-11/h1-5,7,10H,6H2. The summed E-state index contributed by atoms with van der Waals surface area (Å²) in [5.74, 6) is 0. The van der Waals surface area contributed by atoms with Crippen molar-refractivity contribution in [1.29, 1.82) is 0 Å². The molecule has 0 saturated carbocycles. The average molecular weight is 151 g/mol. The Morgan fingerprint density at radius 1 is 1.45 bits per heavy atom. The van der Waals surface area contributed by atoms with Crippen molar-refractivity contribution in [1.82, 2.24) is 4.90 Å². The molecule has 0 saturated heterocycles. The Hall–Kier alpha value is -1.35. The molecule has 11 heavy (non-hydrogen) atoms. The molecule has 0 radical (unpaired) electrons. The Balaban J connectivity index is 2.84. The highest BCUT2D eigenvalue weighted by molar-refractivity contribution is 5.54. The van der Waals surface area contributed by atoms with Crippen molar-refractivity contribution in [3.8, 4) is 0 Å². The van der Waals surface area contributed by atoms with Gasteiger partial charge in [0.1, 0.15) is 0 Å². The lowest BCUT2D eigenvalue weighted by atomic mass is 10.4. The first-order chi connectivity index (χ1) is 5.38. The summed E-state index contributed by atoms with van der Waals surface area (Å²) in [6.45, 7) is -0.132. The molecule has 0 aromatic carbocycles. The maximum atomic E-state index is 10.4. The molecule has 0 fully saturated rings. The van der Waals surface area contributed by atoms with E-state index in [0.717, 1.165) is 0 Å². The van der Waals surface area contributed by atoms with E-state index in [9.17, 15) is 4.79 Å². The minimum Gasteiger partial charge on any atom is -0.390 e. The Kier molecular flexibility index (Phi) is 2.63. The summed E-state index contributed by atoms with van der Waals surface area (Å²) in [5.41, 5.74) is 0.574. The monoisotopic (exact) mass is 151 g/mol. The van der Waals surface area contributed by atoms with Gasteiger partial charge in [0, 0.05) is 6.20 Å². The van der Waals surface area contributed by atoms with Crippen molar-refractivity contribution in [2.24, 2.45) is 0 Å². The highest BCUT2D eigenvalue weighted by Crippen LogP contribution is 2.04. The smallest absolute Gasteiger partial charge is 0.218 e. The van der Waals surface area contributed by atoms with Gasteiger partial charge in [0.25, 0.3) is 0 Å². The van der Waals surface area contributed by atoms with E-state index in [0.29, 0.717) is 12.1 Å². The highest BCUT2D eigenvalue weighted by atomic mass is 16.3. The summed E-state index contributed by atoms with van der Waals surface area (Å²) >= 11 is 0. The fourth-order valence-corrected chi connectivity index (χ4v) is 0.792. The molecule has 3 heteroatoms. The summed E-state index contributed by atoms with van der Waals surface area (Å²) in [6, 6.07) is 0. The van der Waals surface area contributed by atoms with Gasteiger partial charge in [-0.05, 0) is 12.2 Å². The summed E-state index contributed by atoms with van der Waals surface area (Å²) < 4.78 is 0. The van der Waals surface area contributed by atoms with Crippen LogP contribution in [-0.2, 0) is 4.79 Å². The van der Waals surface area contributed by atoms with Gasteiger partial charge in [0.05, 0.1) is 12.3 Å². The van der Waals surface area contributed by atoms with Crippen LogP contribution in [0.1, 0.15) is 0 Å². The van der Waals surface area contributed by atoms with E-state index >= 15 is 0 Å². The molecule has 3 nitrogen and oxygen atoms in total. The molecule has 0 aliphatic carbocycles. The van der Waals surface area contributed by atoms with Crippen LogP contribution in [0, 0.1) is 0 Å². The van der Waals surface area contributed by atoms with E-state index in [1.54, 1.807) is 30.5 Å². The first-order valence-electron chi connectivity index (χ1n) is 3.27.